The molecule has 0 saturated carbocycles. The van der Waals surface area contributed by atoms with Crippen LogP contribution in [0.15, 0.2) is 66.1 Å². The first kappa shape index (κ1) is 21.0. The summed E-state index contributed by atoms with van der Waals surface area (Å²) in [5, 5.41) is 12.5. The molecular formula is C22H19ClN6OS. The van der Waals surface area contributed by atoms with Crippen LogP contribution in [-0.2, 0) is 5.75 Å². The van der Waals surface area contributed by atoms with Crippen molar-refractivity contribution >= 4 is 35.0 Å². The number of aryl methyl sites for hydroxylation is 2. The van der Waals surface area contributed by atoms with Gasteiger partial charge in [0.05, 0.1) is 11.4 Å². The second-order valence-corrected chi connectivity index (χ2v) is 8.22. The molecule has 0 fully saturated rings. The summed E-state index contributed by atoms with van der Waals surface area (Å²) >= 11 is 7.60. The van der Waals surface area contributed by atoms with Gasteiger partial charge in [0.1, 0.15) is 0 Å². The van der Waals surface area contributed by atoms with E-state index in [4.69, 9.17) is 11.6 Å². The zero-order valence-electron chi connectivity index (χ0n) is 16.9. The maximum Gasteiger partial charge on any atom is 0.278 e. The van der Waals surface area contributed by atoms with Crippen LogP contribution in [0.3, 0.4) is 0 Å². The van der Waals surface area contributed by atoms with Gasteiger partial charge in [-0.2, -0.15) is 0 Å². The van der Waals surface area contributed by atoms with E-state index in [0.717, 1.165) is 16.8 Å². The van der Waals surface area contributed by atoms with Crippen molar-refractivity contribution in [1.29, 1.82) is 0 Å². The molecule has 1 amide bonds. The van der Waals surface area contributed by atoms with Gasteiger partial charge in [-0.05, 0) is 49.7 Å². The van der Waals surface area contributed by atoms with Crippen LogP contribution in [-0.4, -0.2) is 30.9 Å². The number of carbonyl (C=O) groups excluding carboxylic acids is 1. The van der Waals surface area contributed by atoms with Crippen molar-refractivity contribution in [1.82, 2.24) is 25.0 Å². The largest absolute Gasteiger partial charge is 0.320 e. The fourth-order valence-electron chi connectivity index (χ4n) is 2.85. The van der Waals surface area contributed by atoms with Crippen molar-refractivity contribution < 1.29 is 4.79 Å². The molecule has 7 nitrogen and oxygen atoms in total. The number of nitrogens with one attached hydrogen (secondary N) is 1. The van der Waals surface area contributed by atoms with Crippen LogP contribution < -0.4 is 5.32 Å². The molecule has 2 heterocycles. The Morgan fingerprint density at radius 2 is 1.84 bits per heavy atom. The lowest BCUT2D eigenvalue weighted by atomic mass is 10.2. The number of thioether (sulfide) groups is 1. The lowest BCUT2D eigenvalue weighted by molar-refractivity contribution is 0.102. The normalized spacial score (nSPS) is 10.8. The number of amides is 1. The predicted molar refractivity (Wildman–Crippen MR) is 122 cm³/mol. The Balaban J connectivity index is 1.66. The average molecular weight is 451 g/mol. The van der Waals surface area contributed by atoms with Gasteiger partial charge in [-0.25, -0.2) is 14.6 Å². The van der Waals surface area contributed by atoms with Crippen molar-refractivity contribution in [3.63, 3.8) is 0 Å². The molecule has 1 N–H and O–H groups in total. The molecule has 0 atom stereocenters. The second kappa shape index (κ2) is 9.28. The van der Waals surface area contributed by atoms with E-state index in [1.54, 1.807) is 35.3 Å². The number of benzene rings is 2. The first-order valence-electron chi connectivity index (χ1n) is 9.50. The highest BCUT2D eigenvalue weighted by molar-refractivity contribution is 7.98. The van der Waals surface area contributed by atoms with E-state index in [2.05, 4.69) is 25.6 Å². The van der Waals surface area contributed by atoms with Crippen LogP contribution in [0, 0.1) is 13.8 Å². The lowest BCUT2D eigenvalue weighted by Crippen LogP contribution is -2.15. The number of halogens is 1. The van der Waals surface area contributed by atoms with Gasteiger partial charge in [-0.15, -0.1) is 5.10 Å². The summed E-state index contributed by atoms with van der Waals surface area (Å²) in [6, 6.07) is 15.0. The smallest absolute Gasteiger partial charge is 0.278 e. The molecule has 2 aromatic carbocycles. The Kier molecular flexibility index (Phi) is 6.29. The summed E-state index contributed by atoms with van der Waals surface area (Å²) < 4.78 is 1.67. The zero-order valence-corrected chi connectivity index (χ0v) is 18.5. The number of aromatic nitrogens is 5. The van der Waals surface area contributed by atoms with Crippen LogP contribution in [0.2, 0.25) is 5.02 Å². The van der Waals surface area contributed by atoms with Crippen molar-refractivity contribution in [2.24, 2.45) is 0 Å². The fourth-order valence-corrected chi connectivity index (χ4v) is 3.83. The number of carbonyl (C=O) groups is 1. The molecule has 0 aliphatic rings. The topological polar surface area (TPSA) is 85.6 Å². The number of hydrogen-bond donors (Lipinski definition) is 1. The third-order valence-corrected chi connectivity index (χ3v) is 5.86. The quantitative estimate of drug-likeness (QED) is 0.333. The Morgan fingerprint density at radius 1 is 1.10 bits per heavy atom. The number of hydrogen-bond acceptors (Lipinski definition) is 6. The highest BCUT2D eigenvalue weighted by atomic mass is 35.5. The lowest BCUT2D eigenvalue weighted by Gasteiger charge is -2.09. The van der Waals surface area contributed by atoms with E-state index in [9.17, 15) is 4.79 Å². The zero-order chi connectivity index (χ0) is 21.8. The third-order valence-electron chi connectivity index (χ3n) is 4.57. The Bertz CT molecular complexity index is 1210. The van der Waals surface area contributed by atoms with Crippen LogP contribution in [0.4, 0.5) is 5.69 Å². The molecule has 0 unspecified atom stereocenters. The van der Waals surface area contributed by atoms with Gasteiger partial charge in [-0.3, -0.25) is 4.79 Å². The van der Waals surface area contributed by atoms with E-state index in [-0.39, 0.29) is 11.6 Å². The maximum atomic E-state index is 13.0. The van der Waals surface area contributed by atoms with E-state index >= 15 is 0 Å². The second-order valence-electron chi connectivity index (χ2n) is 6.87. The van der Waals surface area contributed by atoms with E-state index in [1.807, 2.05) is 44.2 Å². The van der Waals surface area contributed by atoms with Crippen molar-refractivity contribution in [3.8, 4) is 5.69 Å². The molecule has 0 bridgehead atoms. The minimum atomic E-state index is -0.358. The SMILES string of the molecule is Cc1ccc(-n2nnc(C(=O)Nc3ccc(C)c(Cl)c3)c2CSc2ncccn2)cc1. The van der Waals surface area contributed by atoms with Crippen LogP contribution in [0.1, 0.15) is 27.3 Å². The maximum absolute atomic E-state index is 13.0. The first-order valence-corrected chi connectivity index (χ1v) is 10.9. The fraction of sp³-hybridized carbons (Fsp3) is 0.136. The minimum Gasteiger partial charge on any atom is -0.320 e. The van der Waals surface area contributed by atoms with Gasteiger partial charge in [-0.1, -0.05) is 52.3 Å². The molecule has 0 saturated heterocycles. The molecular weight excluding hydrogens is 432 g/mol. The monoisotopic (exact) mass is 450 g/mol. The van der Waals surface area contributed by atoms with E-state index in [1.165, 1.54) is 11.8 Å². The summed E-state index contributed by atoms with van der Waals surface area (Å²) in [4.78, 5) is 21.5. The number of rotatable bonds is 6. The minimum absolute atomic E-state index is 0.237. The van der Waals surface area contributed by atoms with Gasteiger partial charge < -0.3 is 5.32 Å². The van der Waals surface area contributed by atoms with E-state index < -0.39 is 0 Å². The Labute approximate surface area is 188 Å². The Hall–Kier alpha value is -3.23. The molecule has 0 aliphatic heterocycles. The average Bonchev–Trinajstić information content (AvgIpc) is 3.20. The molecule has 0 aliphatic carbocycles. The van der Waals surface area contributed by atoms with E-state index in [0.29, 0.717) is 27.3 Å². The molecule has 2 aromatic heterocycles. The molecule has 0 spiro atoms. The summed E-state index contributed by atoms with van der Waals surface area (Å²) in [6.45, 7) is 3.92. The molecule has 0 radical (unpaired) electrons. The highest BCUT2D eigenvalue weighted by Gasteiger charge is 2.21. The van der Waals surface area contributed by atoms with Gasteiger partial charge in [0.2, 0.25) is 0 Å². The first-order chi connectivity index (χ1) is 15.0. The molecule has 9 heteroatoms. The van der Waals surface area contributed by atoms with Gasteiger partial charge in [0.15, 0.2) is 10.9 Å². The van der Waals surface area contributed by atoms with Crippen LogP contribution in [0.25, 0.3) is 5.69 Å². The molecule has 4 rings (SSSR count). The number of anilines is 1. The van der Waals surface area contributed by atoms with Crippen LogP contribution >= 0.6 is 23.4 Å². The summed E-state index contributed by atoms with van der Waals surface area (Å²) in [5.41, 5.74) is 4.37. The van der Waals surface area contributed by atoms with Gasteiger partial charge in [0.25, 0.3) is 5.91 Å². The highest BCUT2D eigenvalue weighted by Crippen LogP contribution is 2.25. The van der Waals surface area contributed by atoms with Crippen molar-refractivity contribution in [2.45, 2.75) is 24.8 Å². The molecule has 31 heavy (non-hydrogen) atoms. The summed E-state index contributed by atoms with van der Waals surface area (Å²) in [5.74, 6) is 0.0605. The molecule has 156 valence electrons. The predicted octanol–water partition coefficient (Wildman–Crippen LogP) is 4.87. The van der Waals surface area contributed by atoms with Gasteiger partial charge in [0, 0.05) is 28.9 Å². The molecule has 4 aromatic rings. The standard InChI is InChI=1S/C22H19ClN6OS/c1-14-4-8-17(9-5-14)29-19(13-31-22-24-10-3-11-25-22)20(27-28-29)21(30)26-16-7-6-15(2)18(23)12-16/h3-12H,13H2,1-2H3,(H,26,30). The van der Waals surface area contributed by atoms with Crippen molar-refractivity contribution in [2.75, 3.05) is 5.32 Å². The summed E-state index contributed by atoms with van der Waals surface area (Å²) in [7, 11) is 0. The number of nitrogens with zero attached hydrogens (tertiary/aromatic N) is 5. The van der Waals surface area contributed by atoms with Crippen LogP contribution in [0.5, 0.6) is 0 Å². The summed E-state index contributed by atoms with van der Waals surface area (Å²) in [6.07, 6.45) is 3.36. The third kappa shape index (κ3) is 4.92. The van der Waals surface area contributed by atoms with Gasteiger partial charge >= 0.3 is 0 Å². The van der Waals surface area contributed by atoms with Crippen molar-refractivity contribution in [3.05, 3.63) is 88.5 Å². The Morgan fingerprint density at radius 3 is 2.55 bits per heavy atom.